The molecule has 0 heterocycles. The van der Waals surface area contributed by atoms with E-state index in [1.165, 1.54) is 12.1 Å². The number of alkyl halides is 3. The molecule has 1 aromatic carbocycles. The van der Waals surface area contributed by atoms with E-state index in [1.54, 1.807) is 0 Å². The lowest BCUT2D eigenvalue weighted by atomic mass is 9.82. The van der Waals surface area contributed by atoms with Gasteiger partial charge in [0.2, 0.25) is 0 Å². The molecule has 3 nitrogen and oxygen atoms in total. The van der Waals surface area contributed by atoms with Crippen LogP contribution in [0.5, 0.6) is 0 Å². The molecule has 0 aliphatic carbocycles. The zero-order valence-corrected chi connectivity index (χ0v) is 12.1. The van der Waals surface area contributed by atoms with Crippen LogP contribution in [0.3, 0.4) is 0 Å². The van der Waals surface area contributed by atoms with Crippen molar-refractivity contribution in [1.82, 2.24) is 5.32 Å². The zero-order valence-electron chi connectivity index (χ0n) is 12.1. The van der Waals surface area contributed by atoms with Crippen molar-refractivity contribution in [3.8, 4) is 0 Å². The molecule has 0 spiro atoms. The molecule has 0 bridgehead atoms. The molecule has 0 aliphatic heterocycles. The van der Waals surface area contributed by atoms with Gasteiger partial charge >= 0.3 is 12.1 Å². The molecule has 0 saturated carbocycles. The van der Waals surface area contributed by atoms with E-state index in [0.29, 0.717) is 24.9 Å². The summed E-state index contributed by atoms with van der Waals surface area (Å²) in [5.74, 6) is -0.854. The van der Waals surface area contributed by atoms with Gasteiger partial charge in [-0.05, 0) is 30.5 Å². The maximum atomic E-state index is 12.4. The van der Waals surface area contributed by atoms with Crippen molar-refractivity contribution < 1.29 is 23.1 Å². The van der Waals surface area contributed by atoms with E-state index >= 15 is 0 Å². The van der Waals surface area contributed by atoms with Crippen molar-refractivity contribution in [2.24, 2.45) is 5.41 Å². The second-order valence-corrected chi connectivity index (χ2v) is 5.09. The van der Waals surface area contributed by atoms with Crippen molar-refractivity contribution in [1.29, 1.82) is 0 Å². The Morgan fingerprint density at radius 1 is 1.14 bits per heavy atom. The molecular formula is C15H20F3NO2. The normalized spacial score (nSPS) is 12.4. The van der Waals surface area contributed by atoms with Gasteiger partial charge in [-0.2, -0.15) is 13.2 Å². The topological polar surface area (TPSA) is 49.3 Å². The minimum atomic E-state index is -4.34. The Labute approximate surface area is 122 Å². The molecule has 0 fully saturated rings. The lowest BCUT2D eigenvalue weighted by Gasteiger charge is -2.27. The van der Waals surface area contributed by atoms with Crippen molar-refractivity contribution in [2.45, 2.75) is 39.4 Å². The van der Waals surface area contributed by atoms with E-state index in [2.05, 4.69) is 5.32 Å². The van der Waals surface area contributed by atoms with E-state index in [9.17, 15) is 23.1 Å². The number of benzene rings is 1. The third-order valence-electron chi connectivity index (χ3n) is 3.88. The van der Waals surface area contributed by atoms with Gasteiger partial charge in [0.05, 0.1) is 11.0 Å². The highest BCUT2D eigenvalue weighted by Gasteiger charge is 2.34. The Balaban J connectivity index is 2.62. The first-order valence-electron chi connectivity index (χ1n) is 6.85. The van der Waals surface area contributed by atoms with Crippen LogP contribution in [0, 0.1) is 5.41 Å². The first kappa shape index (κ1) is 17.5. The van der Waals surface area contributed by atoms with Crippen LogP contribution in [0.15, 0.2) is 24.3 Å². The number of nitrogens with one attached hydrogen (secondary N) is 1. The molecular weight excluding hydrogens is 283 g/mol. The van der Waals surface area contributed by atoms with Crippen LogP contribution in [0.25, 0.3) is 0 Å². The smallest absolute Gasteiger partial charge is 0.416 e. The lowest BCUT2D eigenvalue weighted by Crippen LogP contribution is -2.40. The van der Waals surface area contributed by atoms with Crippen LogP contribution in [0.1, 0.15) is 37.8 Å². The SMILES string of the molecule is CCC(CC)(CNCc1ccc(C(F)(F)F)cc1)C(=O)O. The second kappa shape index (κ2) is 6.93. The standard InChI is InChI=1S/C15H20F3NO2/c1-3-14(4-2,13(20)21)10-19-9-11-5-7-12(8-6-11)15(16,17)18/h5-8,19H,3-4,9-10H2,1-2H3,(H,20,21). The number of carbonyl (C=O) groups is 1. The highest BCUT2D eigenvalue weighted by atomic mass is 19.4. The average molecular weight is 303 g/mol. The summed E-state index contributed by atoms with van der Waals surface area (Å²) in [5, 5.41) is 12.3. The highest BCUT2D eigenvalue weighted by Crippen LogP contribution is 2.29. The first-order chi connectivity index (χ1) is 9.75. The number of rotatable bonds is 7. The Kier molecular flexibility index (Phi) is 5.78. The molecule has 21 heavy (non-hydrogen) atoms. The van der Waals surface area contributed by atoms with Crippen molar-refractivity contribution in [3.63, 3.8) is 0 Å². The summed E-state index contributed by atoms with van der Waals surface area (Å²) in [7, 11) is 0. The Morgan fingerprint density at radius 2 is 1.67 bits per heavy atom. The van der Waals surface area contributed by atoms with Crippen LogP contribution in [-0.2, 0) is 17.5 Å². The Morgan fingerprint density at radius 3 is 2.05 bits per heavy atom. The summed E-state index contributed by atoms with van der Waals surface area (Å²) in [4.78, 5) is 11.3. The second-order valence-electron chi connectivity index (χ2n) is 5.09. The van der Waals surface area contributed by atoms with E-state index in [1.807, 2.05) is 13.8 Å². The minimum absolute atomic E-state index is 0.288. The summed E-state index contributed by atoms with van der Waals surface area (Å²) < 4.78 is 37.3. The molecule has 0 saturated heterocycles. The Hall–Kier alpha value is -1.56. The van der Waals surface area contributed by atoms with Gasteiger partial charge in [-0.1, -0.05) is 26.0 Å². The van der Waals surface area contributed by atoms with Crippen LogP contribution >= 0.6 is 0 Å². The number of carboxylic acids is 1. The first-order valence-corrected chi connectivity index (χ1v) is 6.85. The number of halogens is 3. The molecule has 6 heteroatoms. The average Bonchev–Trinajstić information content (AvgIpc) is 2.43. The molecule has 0 atom stereocenters. The predicted octanol–water partition coefficient (Wildman–Crippen LogP) is 3.69. The minimum Gasteiger partial charge on any atom is -0.481 e. The van der Waals surface area contributed by atoms with Gasteiger partial charge in [-0.15, -0.1) is 0 Å². The molecule has 1 rings (SSSR count). The Bertz CT molecular complexity index is 465. The molecule has 0 aromatic heterocycles. The van der Waals surface area contributed by atoms with Crippen LogP contribution in [0.4, 0.5) is 13.2 Å². The fourth-order valence-corrected chi connectivity index (χ4v) is 2.14. The largest absolute Gasteiger partial charge is 0.481 e. The van der Waals surface area contributed by atoms with Crippen LogP contribution in [-0.4, -0.2) is 17.6 Å². The number of hydrogen-bond acceptors (Lipinski definition) is 2. The van der Waals surface area contributed by atoms with E-state index in [4.69, 9.17) is 0 Å². The van der Waals surface area contributed by atoms with Crippen LogP contribution < -0.4 is 5.32 Å². The van der Waals surface area contributed by atoms with Gasteiger partial charge in [0, 0.05) is 13.1 Å². The van der Waals surface area contributed by atoms with E-state index in [0.717, 1.165) is 12.1 Å². The maximum Gasteiger partial charge on any atom is 0.416 e. The number of aliphatic carboxylic acids is 1. The van der Waals surface area contributed by atoms with Gasteiger partial charge in [0.15, 0.2) is 0 Å². The highest BCUT2D eigenvalue weighted by molar-refractivity contribution is 5.74. The fraction of sp³-hybridized carbons (Fsp3) is 0.533. The summed E-state index contributed by atoms with van der Waals surface area (Å²) in [6.45, 7) is 4.26. The van der Waals surface area contributed by atoms with E-state index < -0.39 is 23.1 Å². The summed E-state index contributed by atoms with van der Waals surface area (Å²) in [6.07, 6.45) is -3.34. The van der Waals surface area contributed by atoms with Gasteiger partial charge in [-0.3, -0.25) is 4.79 Å². The zero-order chi connectivity index (χ0) is 16.1. The number of hydrogen-bond donors (Lipinski definition) is 2. The molecule has 0 aliphatic rings. The quantitative estimate of drug-likeness (QED) is 0.807. The third-order valence-corrected chi connectivity index (χ3v) is 3.88. The summed E-state index contributed by atoms with van der Waals surface area (Å²) in [6, 6.07) is 4.86. The molecule has 2 N–H and O–H groups in total. The number of carboxylic acid groups (broad SMARTS) is 1. The van der Waals surface area contributed by atoms with E-state index in [-0.39, 0.29) is 6.54 Å². The van der Waals surface area contributed by atoms with Crippen LogP contribution in [0.2, 0.25) is 0 Å². The van der Waals surface area contributed by atoms with Gasteiger partial charge in [0.1, 0.15) is 0 Å². The van der Waals surface area contributed by atoms with Crippen molar-refractivity contribution in [2.75, 3.05) is 6.54 Å². The molecule has 0 unspecified atom stereocenters. The molecule has 118 valence electrons. The monoisotopic (exact) mass is 303 g/mol. The predicted molar refractivity (Wildman–Crippen MR) is 73.8 cm³/mol. The molecule has 0 amide bonds. The van der Waals surface area contributed by atoms with Crippen molar-refractivity contribution >= 4 is 5.97 Å². The van der Waals surface area contributed by atoms with Crippen molar-refractivity contribution in [3.05, 3.63) is 35.4 Å². The molecule has 1 aromatic rings. The maximum absolute atomic E-state index is 12.4. The summed E-state index contributed by atoms with van der Waals surface area (Å²) >= 11 is 0. The summed E-state index contributed by atoms with van der Waals surface area (Å²) in [5.41, 5.74) is -0.825. The third kappa shape index (κ3) is 4.46. The fourth-order valence-electron chi connectivity index (χ4n) is 2.14. The van der Waals surface area contributed by atoms with Gasteiger partial charge in [0.25, 0.3) is 0 Å². The van der Waals surface area contributed by atoms with Gasteiger partial charge in [-0.25, -0.2) is 0 Å². The lowest BCUT2D eigenvalue weighted by molar-refractivity contribution is -0.149. The van der Waals surface area contributed by atoms with Gasteiger partial charge < -0.3 is 10.4 Å². The molecule has 0 radical (unpaired) electrons.